The molecule has 0 bridgehead atoms. The van der Waals surface area contributed by atoms with E-state index in [-0.39, 0.29) is 18.3 Å². The molecule has 2 aromatic rings. The quantitative estimate of drug-likeness (QED) is 0.291. The molecule has 0 atom stereocenters. The number of nitrogen functional groups attached to an aromatic ring is 1. The normalized spacial score (nSPS) is 17.8. The Labute approximate surface area is 197 Å². The van der Waals surface area contributed by atoms with E-state index in [1.165, 1.54) is 5.56 Å². The lowest BCUT2D eigenvalue weighted by molar-refractivity contribution is -0.137. The summed E-state index contributed by atoms with van der Waals surface area (Å²) in [6.07, 6.45) is -3.51. The van der Waals surface area contributed by atoms with Gasteiger partial charge in [0.1, 0.15) is 5.82 Å². The summed E-state index contributed by atoms with van der Waals surface area (Å²) in [6, 6.07) is 5.97. The maximum Gasteiger partial charge on any atom is 0.496 e. The Bertz CT molecular complexity index is 968. The zero-order valence-corrected chi connectivity index (χ0v) is 20.4. The SMILES string of the molecule is CC.CC1(C)OB(c2ccc3c(c2Cl)CCN3)OC1(C)C.Nc1cc(C(F)(F)F)ccc1F. The zero-order valence-electron chi connectivity index (χ0n) is 19.7. The van der Waals surface area contributed by atoms with Gasteiger partial charge in [-0.1, -0.05) is 31.5 Å². The first-order chi connectivity index (χ1) is 15.2. The molecule has 0 spiro atoms. The number of alkyl halides is 3. The molecule has 33 heavy (non-hydrogen) atoms. The Morgan fingerprint density at radius 1 is 1.03 bits per heavy atom. The van der Waals surface area contributed by atoms with E-state index in [0.29, 0.717) is 18.2 Å². The van der Waals surface area contributed by atoms with E-state index in [1.807, 2.05) is 19.9 Å². The van der Waals surface area contributed by atoms with Crippen molar-refractivity contribution in [3.05, 3.63) is 52.3 Å². The largest absolute Gasteiger partial charge is 0.496 e. The molecule has 182 valence electrons. The number of nitrogens with two attached hydrogens (primary N) is 1. The molecule has 10 heteroatoms. The minimum absolute atomic E-state index is 0.335. The topological polar surface area (TPSA) is 56.5 Å². The highest BCUT2D eigenvalue weighted by Gasteiger charge is 2.52. The highest BCUT2D eigenvalue weighted by atomic mass is 35.5. The van der Waals surface area contributed by atoms with Crippen LogP contribution in [0, 0.1) is 5.82 Å². The van der Waals surface area contributed by atoms with Crippen molar-refractivity contribution >= 4 is 35.6 Å². The van der Waals surface area contributed by atoms with Gasteiger partial charge in [-0.05, 0) is 63.9 Å². The van der Waals surface area contributed by atoms with Crippen molar-refractivity contribution in [3.63, 3.8) is 0 Å². The number of nitrogens with one attached hydrogen (secondary N) is 1. The summed E-state index contributed by atoms with van der Waals surface area (Å²) in [5.41, 5.74) is 6.07. The first-order valence-electron chi connectivity index (χ1n) is 10.8. The number of hydrogen-bond donors (Lipinski definition) is 2. The molecule has 0 saturated carbocycles. The Kier molecular flexibility index (Phi) is 8.36. The molecule has 0 aliphatic carbocycles. The van der Waals surface area contributed by atoms with Gasteiger partial charge in [0.2, 0.25) is 0 Å². The minimum Gasteiger partial charge on any atom is -0.399 e. The fraction of sp³-hybridized carbons (Fsp3) is 0.478. The van der Waals surface area contributed by atoms with Gasteiger partial charge in [0.15, 0.2) is 0 Å². The number of halogens is 5. The minimum atomic E-state index is -4.47. The van der Waals surface area contributed by atoms with Crippen LogP contribution >= 0.6 is 11.6 Å². The maximum absolute atomic E-state index is 12.4. The van der Waals surface area contributed by atoms with Crippen LogP contribution in [0.1, 0.15) is 52.7 Å². The van der Waals surface area contributed by atoms with Crippen LogP contribution in [-0.4, -0.2) is 24.9 Å². The van der Waals surface area contributed by atoms with Crippen molar-refractivity contribution in [2.45, 2.75) is 65.3 Å². The standard InChI is InChI=1S/C14H19BClNO2.C7H5F4N.C2H6/c1-13(2)14(3,4)19-15(18-13)10-5-6-11-9(12(10)16)7-8-17-11;8-5-2-1-4(3-6(5)12)7(9,10)11;1-2/h5-6,17H,7-8H2,1-4H3;1-3H,12H2;1-2H3. The Balaban J connectivity index is 0.000000238. The van der Waals surface area contributed by atoms with Crippen molar-refractivity contribution in [2.75, 3.05) is 17.6 Å². The summed E-state index contributed by atoms with van der Waals surface area (Å²) >= 11 is 6.52. The van der Waals surface area contributed by atoms with Crippen molar-refractivity contribution in [1.29, 1.82) is 0 Å². The molecule has 0 unspecified atom stereocenters. The molecule has 2 aliphatic heterocycles. The maximum atomic E-state index is 12.4. The van der Waals surface area contributed by atoms with Gasteiger partial charge in [-0.2, -0.15) is 13.2 Å². The number of hydrogen-bond acceptors (Lipinski definition) is 4. The second kappa shape index (κ2) is 10.1. The predicted octanol–water partition coefficient (Wildman–Crippen LogP) is 6.06. The summed E-state index contributed by atoms with van der Waals surface area (Å²) in [7, 11) is -0.386. The van der Waals surface area contributed by atoms with Crippen molar-refractivity contribution in [2.24, 2.45) is 0 Å². The van der Waals surface area contributed by atoms with Crippen LogP contribution < -0.4 is 16.5 Å². The number of benzene rings is 2. The van der Waals surface area contributed by atoms with Gasteiger partial charge in [-0.3, -0.25) is 0 Å². The first kappa shape index (κ1) is 27.3. The fourth-order valence-electron chi connectivity index (χ4n) is 3.24. The predicted molar refractivity (Wildman–Crippen MR) is 127 cm³/mol. The van der Waals surface area contributed by atoms with E-state index in [0.717, 1.165) is 29.1 Å². The van der Waals surface area contributed by atoms with Gasteiger partial charge in [0.25, 0.3) is 0 Å². The molecule has 4 nitrogen and oxygen atoms in total. The molecular weight excluding hydrogens is 459 g/mol. The Morgan fingerprint density at radius 3 is 2.12 bits per heavy atom. The van der Waals surface area contributed by atoms with Gasteiger partial charge in [0, 0.05) is 22.7 Å². The van der Waals surface area contributed by atoms with Crippen LogP contribution in [-0.2, 0) is 21.9 Å². The number of anilines is 2. The second-order valence-electron chi connectivity index (χ2n) is 8.49. The van der Waals surface area contributed by atoms with Gasteiger partial charge in [0.05, 0.1) is 22.5 Å². The van der Waals surface area contributed by atoms with E-state index in [9.17, 15) is 17.6 Å². The smallest absolute Gasteiger partial charge is 0.399 e. The van der Waals surface area contributed by atoms with Crippen molar-refractivity contribution < 1.29 is 26.9 Å². The van der Waals surface area contributed by atoms with Crippen molar-refractivity contribution in [1.82, 2.24) is 0 Å². The molecule has 1 fully saturated rings. The summed E-state index contributed by atoms with van der Waals surface area (Å²) in [4.78, 5) is 0. The van der Waals surface area contributed by atoms with Crippen molar-refractivity contribution in [3.8, 4) is 0 Å². The average molecular weight is 489 g/mol. The molecule has 0 radical (unpaired) electrons. The second-order valence-corrected chi connectivity index (χ2v) is 8.87. The first-order valence-corrected chi connectivity index (χ1v) is 11.1. The highest BCUT2D eigenvalue weighted by Crippen LogP contribution is 2.38. The summed E-state index contributed by atoms with van der Waals surface area (Å²) < 4.78 is 60.3. The Hall–Kier alpha value is -1.97. The summed E-state index contributed by atoms with van der Waals surface area (Å²) in [5.74, 6) is -0.844. The van der Waals surface area contributed by atoms with Crippen LogP contribution in [0.4, 0.5) is 28.9 Å². The molecule has 0 amide bonds. The van der Waals surface area contributed by atoms with E-state index < -0.39 is 23.2 Å². The molecule has 1 saturated heterocycles. The summed E-state index contributed by atoms with van der Waals surface area (Å²) in [5, 5.41) is 4.10. The third kappa shape index (κ3) is 5.94. The van der Waals surface area contributed by atoms with Crippen LogP contribution in [0.15, 0.2) is 30.3 Å². The van der Waals surface area contributed by atoms with Gasteiger partial charge < -0.3 is 20.4 Å². The van der Waals surface area contributed by atoms with Gasteiger partial charge in [-0.15, -0.1) is 0 Å². The van der Waals surface area contributed by atoms with Gasteiger partial charge in [-0.25, -0.2) is 4.39 Å². The van der Waals surface area contributed by atoms with E-state index in [4.69, 9.17) is 26.6 Å². The highest BCUT2D eigenvalue weighted by molar-refractivity contribution is 6.66. The molecule has 3 N–H and O–H groups in total. The number of rotatable bonds is 1. The van der Waals surface area contributed by atoms with E-state index >= 15 is 0 Å². The monoisotopic (exact) mass is 488 g/mol. The molecule has 2 aromatic carbocycles. The Morgan fingerprint density at radius 2 is 1.61 bits per heavy atom. The lowest BCUT2D eigenvalue weighted by Crippen LogP contribution is -2.41. The molecule has 2 aliphatic rings. The van der Waals surface area contributed by atoms with Crippen LogP contribution in [0.25, 0.3) is 0 Å². The summed E-state index contributed by atoms with van der Waals surface area (Å²) in [6.45, 7) is 13.2. The lowest BCUT2D eigenvalue weighted by atomic mass is 9.78. The fourth-order valence-corrected chi connectivity index (χ4v) is 3.59. The van der Waals surface area contributed by atoms with Gasteiger partial charge >= 0.3 is 13.3 Å². The van der Waals surface area contributed by atoms with Crippen LogP contribution in [0.3, 0.4) is 0 Å². The third-order valence-electron chi connectivity index (χ3n) is 5.79. The molecule has 0 aromatic heterocycles. The van der Waals surface area contributed by atoms with Crippen LogP contribution in [0.2, 0.25) is 5.02 Å². The molecule has 2 heterocycles. The lowest BCUT2D eigenvalue weighted by Gasteiger charge is -2.32. The molecule has 4 rings (SSSR count). The molecular formula is C23H30BClF4N2O2. The third-order valence-corrected chi connectivity index (χ3v) is 6.24. The van der Waals surface area contributed by atoms with E-state index in [2.05, 4.69) is 39.1 Å². The zero-order chi connectivity index (χ0) is 25.2. The average Bonchev–Trinajstić information content (AvgIpc) is 3.28. The van der Waals surface area contributed by atoms with E-state index in [1.54, 1.807) is 0 Å². The van der Waals surface area contributed by atoms with Crippen LogP contribution in [0.5, 0.6) is 0 Å². The number of fused-ring (bicyclic) bond motifs is 1.